The first-order valence-corrected chi connectivity index (χ1v) is 9.24. The highest BCUT2D eigenvalue weighted by Gasteiger charge is 2.23. The number of nitrogens with one attached hydrogen (secondary N) is 1. The first-order chi connectivity index (χ1) is 12.0. The Balaban J connectivity index is 1.66. The maximum absolute atomic E-state index is 12.5. The van der Waals surface area contributed by atoms with Gasteiger partial charge in [0.2, 0.25) is 0 Å². The smallest absolute Gasteiger partial charge is 0.251 e. The van der Waals surface area contributed by atoms with Gasteiger partial charge in [0, 0.05) is 24.2 Å². The van der Waals surface area contributed by atoms with Crippen LogP contribution in [-0.4, -0.2) is 45.9 Å². The molecule has 0 aliphatic carbocycles. The van der Waals surface area contributed by atoms with Gasteiger partial charge in [0.1, 0.15) is 0 Å². The lowest BCUT2D eigenvalue weighted by molar-refractivity contribution is 0.0886. The molecule has 1 fully saturated rings. The van der Waals surface area contributed by atoms with Crippen LogP contribution in [0, 0.1) is 13.8 Å². The van der Waals surface area contributed by atoms with E-state index in [-0.39, 0.29) is 5.91 Å². The minimum atomic E-state index is -0.0431. The molecular weight excluding hydrogens is 312 g/mol. The average Bonchev–Trinajstić information content (AvgIpc) is 2.60. The molecule has 0 radical (unpaired) electrons. The minimum Gasteiger partial charge on any atom is -0.350 e. The van der Waals surface area contributed by atoms with Crippen molar-refractivity contribution in [2.45, 2.75) is 59.0 Å². The van der Waals surface area contributed by atoms with Crippen LogP contribution in [-0.2, 0) is 0 Å². The number of carbonyl (C=O) groups is 1. The molecule has 2 unspecified atom stereocenters. The van der Waals surface area contributed by atoms with Crippen molar-refractivity contribution in [3.05, 3.63) is 35.2 Å². The summed E-state index contributed by atoms with van der Waals surface area (Å²) in [7, 11) is 0. The zero-order valence-electron chi connectivity index (χ0n) is 15.7. The van der Waals surface area contributed by atoms with E-state index in [4.69, 9.17) is 0 Å². The number of hydrogen-bond donors (Lipinski definition) is 1. The summed E-state index contributed by atoms with van der Waals surface area (Å²) in [6.07, 6.45) is 3.82. The van der Waals surface area contributed by atoms with Gasteiger partial charge in [-0.2, -0.15) is 0 Å². The van der Waals surface area contributed by atoms with E-state index in [1.165, 1.54) is 19.3 Å². The number of hydrogen-bond acceptors (Lipinski definition) is 4. The lowest BCUT2D eigenvalue weighted by Crippen LogP contribution is -2.48. The average molecular weight is 340 g/mol. The number of likely N-dealkylation sites (tertiary alicyclic amines) is 1. The van der Waals surface area contributed by atoms with E-state index >= 15 is 0 Å². The molecule has 1 aliphatic rings. The van der Waals surface area contributed by atoms with Crippen molar-refractivity contribution < 1.29 is 4.79 Å². The number of amides is 1. The van der Waals surface area contributed by atoms with Crippen molar-refractivity contribution in [1.82, 2.24) is 20.2 Å². The first-order valence-electron chi connectivity index (χ1n) is 9.24. The Bertz CT molecular complexity index is 774. The molecule has 0 spiro atoms. The van der Waals surface area contributed by atoms with Gasteiger partial charge in [0.15, 0.2) is 0 Å². The zero-order chi connectivity index (χ0) is 18.0. The zero-order valence-corrected chi connectivity index (χ0v) is 15.7. The molecule has 1 aromatic carbocycles. The van der Waals surface area contributed by atoms with E-state index in [1.807, 2.05) is 32.0 Å². The Labute approximate surface area is 149 Å². The van der Waals surface area contributed by atoms with Gasteiger partial charge in [-0.3, -0.25) is 9.69 Å². The normalized spacial score (nSPS) is 19.8. The second-order valence-electron chi connectivity index (χ2n) is 7.24. The highest BCUT2D eigenvalue weighted by Crippen LogP contribution is 2.19. The molecule has 2 heterocycles. The number of nitrogens with zero attached hydrogens (tertiary/aromatic N) is 3. The summed E-state index contributed by atoms with van der Waals surface area (Å²) in [6, 6.07) is 6.49. The van der Waals surface area contributed by atoms with Crippen LogP contribution in [0.1, 0.15) is 54.9 Å². The quantitative estimate of drug-likeness (QED) is 0.928. The van der Waals surface area contributed by atoms with Gasteiger partial charge < -0.3 is 5.32 Å². The number of fused-ring (bicyclic) bond motifs is 1. The lowest BCUT2D eigenvalue weighted by atomic mass is 10.0. The Kier molecular flexibility index (Phi) is 5.33. The predicted molar refractivity (Wildman–Crippen MR) is 101 cm³/mol. The largest absolute Gasteiger partial charge is 0.350 e. The SMILES string of the molecule is Cc1nc2ccc(C(=O)NCC(C)N3CCCCC3C)cc2nc1C. The Morgan fingerprint density at radius 1 is 1.24 bits per heavy atom. The van der Waals surface area contributed by atoms with Gasteiger partial charge in [-0.25, -0.2) is 9.97 Å². The molecule has 1 saturated heterocycles. The van der Waals surface area contributed by atoms with Gasteiger partial charge in [-0.05, 0) is 65.3 Å². The predicted octanol–water partition coefficient (Wildman–Crippen LogP) is 3.24. The molecule has 2 atom stereocenters. The summed E-state index contributed by atoms with van der Waals surface area (Å²) >= 11 is 0. The molecule has 3 rings (SSSR count). The molecular formula is C20H28N4O. The maximum Gasteiger partial charge on any atom is 0.251 e. The fourth-order valence-corrected chi connectivity index (χ4v) is 3.61. The third kappa shape index (κ3) is 3.98. The van der Waals surface area contributed by atoms with Crippen LogP contribution in [0.4, 0.5) is 0 Å². The fourth-order valence-electron chi connectivity index (χ4n) is 3.61. The van der Waals surface area contributed by atoms with Crippen molar-refractivity contribution >= 4 is 16.9 Å². The van der Waals surface area contributed by atoms with E-state index in [0.29, 0.717) is 24.2 Å². The molecule has 5 nitrogen and oxygen atoms in total. The summed E-state index contributed by atoms with van der Waals surface area (Å²) in [5.74, 6) is -0.0431. The molecule has 25 heavy (non-hydrogen) atoms. The highest BCUT2D eigenvalue weighted by atomic mass is 16.1. The number of benzene rings is 1. The number of aryl methyl sites for hydroxylation is 2. The summed E-state index contributed by atoms with van der Waals surface area (Å²) in [4.78, 5) is 24.1. The molecule has 1 aromatic heterocycles. The van der Waals surface area contributed by atoms with Crippen molar-refractivity contribution in [2.75, 3.05) is 13.1 Å². The van der Waals surface area contributed by atoms with Crippen LogP contribution < -0.4 is 5.32 Å². The van der Waals surface area contributed by atoms with Gasteiger partial charge in [0.05, 0.1) is 22.4 Å². The van der Waals surface area contributed by atoms with Gasteiger partial charge in [-0.1, -0.05) is 6.42 Å². The number of rotatable bonds is 4. The van der Waals surface area contributed by atoms with E-state index in [1.54, 1.807) is 0 Å². The monoisotopic (exact) mass is 340 g/mol. The fraction of sp³-hybridized carbons (Fsp3) is 0.550. The number of piperidine rings is 1. The molecule has 1 amide bonds. The second-order valence-corrected chi connectivity index (χ2v) is 7.24. The van der Waals surface area contributed by atoms with Crippen LogP contribution in [0.25, 0.3) is 11.0 Å². The first kappa shape index (κ1) is 17.8. The van der Waals surface area contributed by atoms with Crippen LogP contribution in [0.5, 0.6) is 0 Å². The van der Waals surface area contributed by atoms with Crippen LogP contribution in [0.15, 0.2) is 18.2 Å². The van der Waals surface area contributed by atoms with E-state index in [2.05, 4.69) is 34.0 Å². The topological polar surface area (TPSA) is 58.1 Å². The van der Waals surface area contributed by atoms with Crippen LogP contribution >= 0.6 is 0 Å². The van der Waals surface area contributed by atoms with E-state index in [9.17, 15) is 4.79 Å². The summed E-state index contributed by atoms with van der Waals surface area (Å²) in [5.41, 5.74) is 4.07. The van der Waals surface area contributed by atoms with Gasteiger partial charge >= 0.3 is 0 Å². The van der Waals surface area contributed by atoms with Crippen molar-refractivity contribution in [3.8, 4) is 0 Å². The van der Waals surface area contributed by atoms with E-state index in [0.717, 1.165) is 29.0 Å². The molecule has 1 N–H and O–H groups in total. The second kappa shape index (κ2) is 7.48. The Morgan fingerprint density at radius 3 is 2.68 bits per heavy atom. The molecule has 2 aromatic rings. The molecule has 0 saturated carbocycles. The lowest BCUT2D eigenvalue weighted by Gasteiger charge is -2.38. The number of carbonyl (C=O) groups excluding carboxylic acids is 1. The number of aromatic nitrogens is 2. The standard InChI is InChI=1S/C20H28N4O/c1-13-7-5-6-10-24(13)14(2)12-21-20(25)17-8-9-18-19(11-17)23-16(4)15(3)22-18/h8-9,11,13-14H,5-7,10,12H2,1-4H3,(H,21,25). The summed E-state index contributed by atoms with van der Waals surface area (Å²) in [5, 5.41) is 3.08. The van der Waals surface area contributed by atoms with Crippen molar-refractivity contribution in [3.63, 3.8) is 0 Å². The van der Waals surface area contributed by atoms with E-state index < -0.39 is 0 Å². The molecule has 5 heteroatoms. The Hall–Kier alpha value is -2.01. The third-order valence-corrected chi connectivity index (χ3v) is 5.32. The highest BCUT2D eigenvalue weighted by molar-refractivity contribution is 5.97. The third-order valence-electron chi connectivity index (χ3n) is 5.32. The summed E-state index contributed by atoms with van der Waals surface area (Å²) < 4.78 is 0. The molecule has 134 valence electrons. The molecule has 1 aliphatic heterocycles. The molecule has 0 bridgehead atoms. The maximum atomic E-state index is 12.5. The van der Waals surface area contributed by atoms with Crippen LogP contribution in [0.3, 0.4) is 0 Å². The summed E-state index contributed by atoms with van der Waals surface area (Å²) in [6.45, 7) is 10.2. The Morgan fingerprint density at radius 2 is 1.96 bits per heavy atom. The minimum absolute atomic E-state index is 0.0431. The van der Waals surface area contributed by atoms with Crippen LogP contribution in [0.2, 0.25) is 0 Å². The van der Waals surface area contributed by atoms with Gasteiger partial charge in [-0.15, -0.1) is 0 Å². The van der Waals surface area contributed by atoms with Crippen molar-refractivity contribution in [2.24, 2.45) is 0 Å². The van der Waals surface area contributed by atoms with Crippen molar-refractivity contribution in [1.29, 1.82) is 0 Å². The van der Waals surface area contributed by atoms with Gasteiger partial charge in [0.25, 0.3) is 5.91 Å².